The molecule has 2 aliphatic heterocycles. The summed E-state index contributed by atoms with van der Waals surface area (Å²) in [6, 6.07) is 16.2. The molecule has 2 aliphatic rings. The Hall–Kier alpha value is -3.15. The fraction of sp³-hybridized carbons (Fsp3) is 0.211. The van der Waals surface area contributed by atoms with Gasteiger partial charge in [-0.2, -0.15) is 5.10 Å². The molecule has 1 atom stereocenters. The predicted molar refractivity (Wildman–Crippen MR) is 96.2 cm³/mol. The lowest BCUT2D eigenvalue weighted by molar-refractivity contribution is -0.120. The van der Waals surface area contributed by atoms with Gasteiger partial charge in [0.1, 0.15) is 0 Å². The van der Waals surface area contributed by atoms with E-state index in [1.54, 1.807) is 41.3 Å². The molecule has 6 nitrogen and oxygen atoms in total. The number of likely N-dealkylation sites (tertiary alicyclic amines) is 1. The van der Waals surface area contributed by atoms with Crippen LogP contribution in [-0.4, -0.2) is 35.5 Å². The second kappa shape index (κ2) is 6.05. The number of anilines is 2. The van der Waals surface area contributed by atoms with Gasteiger partial charge in [-0.1, -0.05) is 18.2 Å². The van der Waals surface area contributed by atoms with Gasteiger partial charge in [0.15, 0.2) is 0 Å². The number of carbonyl (C=O) groups excluding carboxylic acids is 2. The van der Waals surface area contributed by atoms with Gasteiger partial charge in [-0.3, -0.25) is 9.59 Å². The molecule has 0 bridgehead atoms. The summed E-state index contributed by atoms with van der Waals surface area (Å²) >= 11 is 0. The van der Waals surface area contributed by atoms with Crippen LogP contribution in [0.1, 0.15) is 16.8 Å². The number of benzene rings is 2. The van der Waals surface area contributed by atoms with Gasteiger partial charge in [0.05, 0.1) is 17.3 Å². The van der Waals surface area contributed by atoms with E-state index in [1.807, 2.05) is 18.2 Å². The number of nitrogen functional groups attached to an aromatic ring is 1. The van der Waals surface area contributed by atoms with Crippen LogP contribution in [0.3, 0.4) is 0 Å². The third kappa shape index (κ3) is 2.76. The summed E-state index contributed by atoms with van der Waals surface area (Å²) in [5.41, 5.74) is 8.52. The van der Waals surface area contributed by atoms with Crippen LogP contribution in [0.15, 0.2) is 59.7 Å². The first-order chi connectivity index (χ1) is 12.1. The number of hydrogen-bond donors (Lipinski definition) is 1. The van der Waals surface area contributed by atoms with Gasteiger partial charge < -0.3 is 10.6 Å². The van der Waals surface area contributed by atoms with Crippen molar-refractivity contribution in [3.8, 4) is 0 Å². The SMILES string of the molecule is Nc1ccc(N2N=C3CCN(C(=O)c4ccccc4)CC3C2=O)cc1. The summed E-state index contributed by atoms with van der Waals surface area (Å²) in [6.07, 6.45) is 0.612. The standard InChI is InChI=1S/C19H18N4O2/c20-14-6-8-15(9-7-14)23-19(25)16-12-22(11-10-17(16)21-23)18(24)13-4-2-1-3-5-13/h1-9,16H,10-12,20H2. The zero-order valence-electron chi connectivity index (χ0n) is 13.6. The van der Waals surface area contributed by atoms with Crippen LogP contribution in [-0.2, 0) is 4.79 Å². The molecule has 126 valence electrons. The van der Waals surface area contributed by atoms with Gasteiger partial charge in [0.25, 0.3) is 11.8 Å². The molecule has 6 heteroatoms. The van der Waals surface area contributed by atoms with Gasteiger partial charge in [-0.15, -0.1) is 0 Å². The summed E-state index contributed by atoms with van der Waals surface area (Å²) in [6.45, 7) is 0.947. The summed E-state index contributed by atoms with van der Waals surface area (Å²) in [5, 5.41) is 5.91. The van der Waals surface area contributed by atoms with Gasteiger partial charge in [-0.25, -0.2) is 5.01 Å². The van der Waals surface area contributed by atoms with Gasteiger partial charge in [0, 0.05) is 30.8 Å². The minimum absolute atomic E-state index is 0.0432. The number of fused-ring (bicyclic) bond motifs is 1. The van der Waals surface area contributed by atoms with Crippen molar-refractivity contribution in [2.75, 3.05) is 23.8 Å². The van der Waals surface area contributed by atoms with Crippen molar-refractivity contribution in [2.45, 2.75) is 6.42 Å². The molecule has 0 aromatic heterocycles. The number of piperidine rings is 1. The first kappa shape index (κ1) is 15.4. The molecule has 0 spiro atoms. The number of nitrogens with two attached hydrogens (primary N) is 1. The molecule has 2 heterocycles. The molecule has 1 saturated heterocycles. The zero-order chi connectivity index (χ0) is 17.4. The molecule has 1 fully saturated rings. The Morgan fingerprint density at radius 3 is 2.52 bits per heavy atom. The maximum absolute atomic E-state index is 12.8. The Morgan fingerprint density at radius 2 is 1.80 bits per heavy atom. The minimum atomic E-state index is -0.362. The highest BCUT2D eigenvalue weighted by atomic mass is 16.2. The largest absolute Gasteiger partial charge is 0.399 e. The Bertz CT molecular complexity index is 845. The highest BCUT2D eigenvalue weighted by molar-refractivity contribution is 6.16. The maximum Gasteiger partial charge on any atom is 0.258 e. The average molecular weight is 334 g/mol. The van der Waals surface area contributed by atoms with E-state index in [2.05, 4.69) is 5.10 Å². The number of nitrogens with zero attached hydrogens (tertiary/aromatic N) is 3. The molecule has 1 unspecified atom stereocenters. The van der Waals surface area contributed by atoms with E-state index in [1.165, 1.54) is 5.01 Å². The van der Waals surface area contributed by atoms with Crippen molar-refractivity contribution in [3.63, 3.8) is 0 Å². The Labute approximate surface area is 145 Å². The summed E-state index contributed by atoms with van der Waals surface area (Å²) < 4.78 is 0. The molecule has 0 saturated carbocycles. The molecule has 4 rings (SSSR count). The van der Waals surface area contributed by atoms with Crippen molar-refractivity contribution in [2.24, 2.45) is 11.0 Å². The number of carbonyl (C=O) groups is 2. The van der Waals surface area contributed by atoms with Crippen molar-refractivity contribution < 1.29 is 9.59 Å². The van der Waals surface area contributed by atoms with E-state index < -0.39 is 0 Å². The van der Waals surface area contributed by atoms with E-state index in [-0.39, 0.29) is 17.7 Å². The second-order valence-electron chi connectivity index (χ2n) is 6.25. The van der Waals surface area contributed by atoms with Crippen molar-refractivity contribution in [1.82, 2.24) is 4.90 Å². The Kier molecular flexibility index (Phi) is 3.72. The molecule has 2 aromatic carbocycles. The van der Waals surface area contributed by atoms with Crippen LogP contribution in [0.25, 0.3) is 0 Å². The molecule has 2 aromatic rings. The van der Waals surface area contributed by atoms with Gasteiger partial charge >= 0.3 is 0 Å². The topological polar surface area (TPSA) is 79.0 Å². The summed E-state index contributed by atoms with van der Waals surface area (Å²) in [5.74, 6) is -0.498. The van der Waals surface area contributed by atoms with Crippen LogP contribution in [0.5, 0.6) is 0 Å². The lowest BCUT2D eigenvalue weighted by Gasteiger charge is -2.30. The molecular formula is C19H18N4O2. The fourth-order valence-electron chi connectivity index (χ4n) is 3.25. The van der Waals surface area contributed by atoms with E-state index >= 15 is 0 Å². The molecule has 0 aliphatic carbocycles. The third-order valence-corrected chi connectivity index (χ3v) is 4.62. The van der Waals surface area contributed by atoms with Crippen LogP contribution < -0.4 is 10.7 Å². The number of hydrogen-bond acceptors (Lipinski definition) is 4. The minimum Gasteiger partial charge on any atom is -0.399 e. The lowest BCUT2D eigenvalue weighted by Crippen LogP contribution is -2.46. The number of rotatable bonds is 2. The summed E-state index contributed by atoms with van der Waals surface area (Å²) in [7, 11) is 0. The first-order valence-corrected chi connectivity index (χ1v) is 8.25. The van der Waals surface area contributed by atoms with E-state index in [4.69, 9.17) is 5.73 Å². The Balaban J connectivity index is 1.53. The van der Waals surface area contributed by atoms with E-state index in [0.29, 0.717) is 36.4 Å². The number of hydrazone groups is 1. The molecule has 2 N–H and O–H groups in total. The molecule has 0 radical (unpaired) electrons. The second-order valence-corrected chi connectivity index (χ2v) is 6.25. The highest BCUT2D eigenvalue weighted by Gasteiger charge is 2.41. The van der Waals surface area contributed by atoms with Crippen molar-refractivity contribution in [1.29, 1.82) is 0 Å². The third-order valence-electron chi connectivity index (χ3n) is 4.62. The maximum atomic E-state index is 12.8. The quantitative estimate of drug-likeness (QED) is 0.855. The summed E-state index contributed by atoms with van der Waals surface area (Å²) in [4.78, 5) is 27.1. The highest BCUT2D eigenvalue weighted by Crippen LogP contribution is 2.29. The molecular weight excluding hydrogens is 316 g/mol. The smallest absolute Gasteiger partial charge is 0.258 e. The van der Waals surface area contributed by atoms with Crippen LogP contribution in [0, 0.1) is 5.92 Å². The lowest BCUT2D eigenvalue weighted by atomic mass is 9.95. The Morgan fingerprint density at radius 1 is 1.08 bits per heavy atom. The van der Waals surface area contributed by atoms with Crippen LogP contribution in [0.4, 0.5) is 11.4 Å². The fourth-order valence-corrected chi connectivity index (χ4v) is 3.25. The van der Waals surface area contributed by atoms with Crippen LogP contribution >= 0.6 is 0 Å². The molecule has 2 amide bonds. The molecule has 25 heavy (non-hydrogen) atoms. The van der Waals surface area contributed by atoms with Crippen molar-refractivity contribution >= 4 is 28.9 Å². The van der Waals surface area contributed by atoms with Crippen LogP contribution in [0.2, 0.25) is 0 Å². The van der Waals surface area contributed by atoms with E-state index in [0.717, 1.165) is 5.71 Å². The van der Waals surface area contributed by atoms with Gasteiger partial charge in [0.2, 0.25) is 0 Å². The van der Waals surface area contributed by atoms with Gasteiger partial charge in [-0.05, 0) is 36.4 Å². The number of amides is 2. The van der Waals surface area contributed by atoms with E-state index in [9.17, 15) is 9.59 Å². The zero-order valence-corrected chi connectivity index (χ0v) is 13.6. The van der Waals surface area contributed by atoms with Crippen molar-refractivity contribution in [3.05, 3.63) is 60.2 Å². The first-order valence-electron chi connectivity index (χ1n) is 8.25. The normalized spacial score (nSPS) is 19.6. The monoisotopic (exact) mass is 334 g/mol. The predicted octanol–water partition coefficient (Wildman–Crippen LogP) is 2.13. The average Bonchev–Trinajstić information content (AvgIpc) is 2.99.